The zero-order valence-electron chi connectivity index (χ0n) is 12.3. The Morgan fingerprint density at radius 2 is 1.73 bits per heavy atom. The molecule has 0 aliphatic carbocycles. The molecule has 0 fully saturated rings. The van der Waals surface area contributed by atoms with Crippen molar-refractivity contribution in [1.29, 1.82) is 0 Å². The molecule has 0 bridgehead atoms. The molecule has 0 aromatic heterocycles. The quantitative estimate of drug-likeness (QED) is 0.860. The van der Waals surface area contributed by atoms with Gasteiger partial charge in [-0.3, -0.25) is 9.59 Å². The number of benzene rings is 2. The third-order valence-corrected chi connectivity index (χ3v) is 4.39. The Hall–Kier alpha value is -2.27. The summed E-state index contributed by atoms with van der Waals surface area (Å²) in [6, 6.07) is 16.6. The van der Waals surface area contributed by atoms with Crippen molar-refractivity contribution >= 4 is 29.3 Å². The summed E-state index contributed by atoms with van der Waals surface area (Å²) in [4.78, 5) is 22.9. The minimum Gasteiger partial charge on any atom is -0.366 e. The van der Waals surface area contributed by atoms with Crippen molar-refractivity contribution in [1.82, 2.24) is 0 Å². The molecule has 114 valence electrons. The number of anilines is 1. The Kier molecular flexibility index (Phi) is 5.61. The SMILES string of the molecule is CC(SCC(=O)Nc1ccc(C(N)=O)cc1)c1ccccc1. The Bertz CT molecular complexity index is 641. The van der Waals surface area contributed by atoms with Crippen LogP contribution < -0.4 is 11.1 Å². The minimum atomic E-state index is -0.481. The van der Waals surface area contributed by atoms with E-state index in [1.165, 1.54) is 5.56 Å². The Balaban J connectivity index is 1.84. The monoisotopic (exact) mass is 314 g/mol. The van der Waals surface area contributed by atoms with Crippen LogP contribution in [0.25, 0.3) is 0 Å². The molecule has 0 aliphatic heterocycles. The Labute approximate surface area is 134 Å². The molecule has 5 heteroatoms. The third kappa shape index (κ3) is 4.63. The van der Waals surface area contributed by atoms with E-state index in [4.69, 9.17) is 5.73 Å². The molecule has 0 saturated carbocycles. The number of rotatable bonds is 6. The molecule has 4 nitrogen and oxygen atoms in total. The maximum atomic E-state index is 11.9. The van der Waals surface area contributed by atoms with Gasteiger partial charge in [-0.15, -0.1) is 11.8 Å². The second kappa shape index (κ2) is 7.66. The molecule has 0 saturated heterocycles. The molecule has 3 N–H and O–H groups in total. The highest BCUT2D eigenvalue weighted by Gasteiger charge is 2.09. The maximum Gasteiger partial charge on any atom is 0.248 e. The van der Waals surface area contributed by atoms with Crippen LogP contribution in [0.2, 0.25) is 0 Å². The highest BCUT2D eigenvalue weighted by atomic mass is 32.2. The average molecular weight is 314 g/mol. The van der Waals surface area contributed by atoms with Crippen LogP contribution in [-0.2, 0) is 4.79 Å². The normalized spacial score (nSPS) is 11.7. The van der Waals surface area contributed by atoms with Crippen molar-refractivity contribution in [2.75, 3.05) is 11.1 Å². The van der Waals surface area contributed by atoms with Gasteiger partial charge in [0, 0.05) is 16.5 Å². The van der Waals surface area contributed by atoms with Crippen LogP contribution in [0.3, 0.4) is 0 Å². The summed E-state index contributed by atoms with van der Waals surface area (Å²) in [5.74, 6) is -0.182. The van der Waals surface area contributed by atoms with Crippen LogP contribution >= 0.6 is 11.8 Å². The molecule has 22 heavy (non-hydrogen) atoms. The van der Waals surface area contributed by atoms with Gasteiger partial charge in [-0.05, 0) is 36.8 Å². The van der Waals surface area contributed by atoms with Crippen LogP contribution in [0.1, 0.15) is 28.1 Å². The number of hydrogen-bond donors (Lipinski definition) is 2. The number of hydrogen-bond acceptors (Lipinski definition) is 3. The lowest BCUT2D eigenvalue weighted by Gasteiger charge is -2.11. The fraction of sp³-hybridized carbons (Fsp3) is 0.176. The highest BCUT2D eigenvalue weighted by Crippen LogP contribution is 2.27. The van der Waals surface area contributed by atoms with Crippen LogP contribution in [0.15, 0.2) is 54.6 Å². The first-order chi connectivity index (χ1) is 10.6. The van der Waals surface area contributed by atoms with Gasteiger partial charge in [0.05, 0.1) is 5.75 Å². The number of primary amides is 1. The molecule has 2 amide bonds. The first-order valence-electron chi connectivity index (χ1n) is 6.92. The van der Waals surface area contributed by atoms with Gasteiger partial charge in [-0.25, -0.2) is 0 Å². The second-order valence-corrected chi connectivity index (χ2v) is 6.18. The largest absolute Gasteiger partial charge is 0.366 e. The van der Waals surface area contributed by atoms with Gasteiger partial charge in [-0.1, -0.05) is 30.3 Å². The molecule has 0 heterocycles. The molecular weight excluding hydrogens is 296 g/mol. The number of thioether (sulfide) groups is 1. The van der Waals surface area contributed by atoms with Crippen LogP contribution in [0.4, 0.5) is 5.69 Å². The Morgan fingerprint density at radius 1 is 1.09 bits per heavy atom. The zero-order chi connectivity index (χ0) is 15.9. The maximum absolute atomic E-state index is 11.9. The van der Waals surface area contributed by atoms with Gasteiger partial charge in [0.25, 0.3) is 0 Å². The molecule has 2 aromatic carbocycles. The predicted octanol–water partition coefficient (Wildman–Crippen LogP) is 3.22. The van der Waals surface area contributed by atoms with Gasteiger partial charge >= 0.3 is 0 Å². The van der Waals surface area contributed by atoms with E-state index < -0.39 is 5.91 Å². The van der Waals surface area contributed by atoms with E-state index in [2.05, 4.69) is 24.4 Å². The van der Waals surface area contributed by atoms with Crippen molar-refractivity contribution in [3.8, 4) is 0 Å². The van der Waals surface area contributed by atoms with E-state index in [1.807, 2.05) is 18.2 Å². The topological polar surface area (TPSA) is 72.2 Å². The van der Waals surface area contributed by atoms with Gasteiger partial charge in [0.1, 0.15) is 0 Å². The summed E-state index contributed by atoms with van der Waals surface area (Å²) in [6.07, 6.45) is 0. The summed E-state index contributed by atoms with van der Waals surface area (Å²) < 4.78 is 0. The lowest BCUT2D eigenvalue weighted by atomic mass is 10.2. The summed E-state index contributed by atoms with van der Waals surface area (Å²) in [6.45, 7) is 2.08. The van der Waals surface area contributed by atoms with E-state index in [0.717, 1.165) is 0 Å². The number of carbonyl (C=O) groups is 2. The van der Waals surface area contributed by atoms with Gasteiger partial charge < -0.3 is 11.1 Å². The van der Waals surface area contributed by atoms with Crippen molar-refractivity contribution in [2.45, 2.75) is 12.2 Å². The van der Waals surface area contributed by atoms with Crippen LogP contribution in [0, 0.1) is 0 Å². The van der Waals surface area contributed by atoms with Crippen molar-refractivity contribution in [2.24, 2.45) is 5.73 Å². The standard InChI is InChI=1S/C17H18N2O2S/c1-12(13-5-3-2-4-6-13)22-11-16(20)19-15-9-7-14(8-10-15)17(18)21/h2-10,12H,11H2,1H3,(H2,18,21)(H,19,20). The molecule has 0 spiro atoms. The van der Waals surface area contributed by atoms with E-state index in [9.17, 15) is 9.59 Å². The van der Waals surface area contributed by atoms with Crippen LogP contribution in [0.5, 0.6) is 0 Å². The number of nitrogens with one attached hydrogen (secondary N) is 1. The predicted molar refractivity (Wildman–Crippen MR) is 90.9 cm³/mol. The number of amides is 2. The fourth-order valence-corrected chi connectivity index (χ4v) is 2.76. The molecule has 0 radical (unpaired) electrons. The van der Waals surface area contributed by atoms with Crippen molar-refractivity contribution in [3.05, 3.63) is 65.7 Å². The number of nitrogens with two attached hydrogens (primary N) is 1. The van der Waals surface area contributed by atoms with E-state index in [1.54, 1.807) is 36.0 Å². The second-order valence-electron chi connectivity index (χ2n) is 4.85. The van der Waals surface area contributed by atoms with Crippen molar-refractivity contribution < 1.29 is 9.59 Å². The molecule has 1 unspecified atom stereocenters. The van der Waals surface area contributed by atoms with Gasteiger partial charge in [0.2, 0.25) is 11.8 Å². The summed E-state index contributed by atoms with van der Waals surface area (Å²) >= 11 is 1.58. The first kappa shape index (κ1) is 16.1. The minimum absolute atomic E-state index is 0.0698. The average Bonchev–Trinajstić information content (AvgIpc) is 2.54. The van der Waals surface area contributed by atoms with Crippen LogP contribution in [-0.4, -0.2) is 17.6 Å². The van der Waals surface area contributed by atoms with E-state index in [0.29, 0.717) is 17.0 Å². The van der Waals surface area contributed by atoms with E-state index >= 15 is 0 Å². The summed E-state index contributed by atoms with van der Waals surface area (Å²) in [7, 11) is 0. The fourth-order valence-electron chi connectivity index (χ4n) is 1.94. The van der Waals surface area contributed by atoms with E-state index in [-0.39, 0.29) is 11.2 Å². The van der Waals surface area contributed by atoms with Gasteiger partial charge in [-0.2, -0.15) is 0 Å². The lowest BCUT2D eigenvalue weighted by Crippen LogP contribution is -2.15. The van der Waals surface area contributed by atoms with Gasteiger partial charge in [0.15, 0.2) is 0 Å². The molecule has 0 aliphatic rings. The number of carbonyl (C=O) groups excluding carboxylic acids is 2. The summed E-state index contributed by atoms with van der Waals surface area (Å²) in [5, 5.41) is 3.06. The Morgan fingerprint density at radius 3 is 2.32 bits per heavy atom. The highest BCUT2D eigenvalue weighted by molar-refractivity contribution is 8.00. The summed E-state index contributed by atoms with van der Waals surface area (Å²) in [5.41, 5.74) is 7.45. The molecule has 2 rings (SSSR count). The molecule has 2 aromatic rings. The third-order valence-electron chi connectivity index (χ3n) is 3.19. The molecule has 1 atom stereocenters. The lowest BCUT2D eigenvalue weighted by molar-refractivity contribution is -0.113. The van der Waals surface area contributed by atoms with Crippen molar-refractivity contribution in [3.63, 3.8) is 0 Å². The molecular formula is C17H18N2O2S. The zero-order valence-corrected chi connectivity index (χ0v) is 13.1. The first-order valence-corrected chi connectivity index (χ1v) is 7.97. The smallest absolute Gasteiger partial charge is 0.248 e.